The van der Waals surface area contributed by atoms with E-state index in [0.29, 0.717) is 6.61 Å². The van der Waals surface area contributed by atoms with Gasteiger partial charge in [-0.2, -0.15) is 0 Å². The first-order valence-corrected chi connectivity index (χ1v) is 5.67. The monoisotopic (exact) mass is 228 g/mol. The molecule has 0 aliphatic heterocycles. The molecule has 0 heterocycles. The van der Waals surface area contributed by atoms with Crippen molar-refractivity contribution in [3.8, 4) is 5.75 Å². The van der Waals surface area contributed by atoms with Gasteiger partial charge in [-0.1, -0.05) is 18.5 Å². The van der Waals surface area contributed by atoms with Crippen molar-refractivity contribution in [1.29, 1.82) is 0 Å². The van der Waals surface area contributed by atoms with Crippen molar-refractivity contribution in [3.05, 3.63) is 28.8 Å². The second-order valence-corrected chi connectivity index (χ2v) is 3.79. The van der Waals surface area contributed by atoms with Crippen molar-refractivity contribution >= 4 is 11.6 Å². The normalized spacial score (nSPS) is 10.3. The number of benzene rings is 1. The summed E-state index contributed by atoms with van der Waals surface area (Å²) in [7, 11) is 0. The lowest BCUT2D eigenvalue weighted by Crippen LogP contribution is -1.99. The number of ether oxygens (including phenoxy) is 1. The molecular weight excluding hydrogens is 212 g/mol. The highest BCUT2D eigenvalue weighted by Gasteiger charge is 2.00. The molecule has 0 atom stereocenters. The Bertz CT molecular complexity index is 300. The second kappa shape index (κ2) is 6.70. The lowest BCUT2D eigenvalue weighted by molar-refractivity contribution is 0.253. The van der Waals surface area contributed by atoms with Crippen LogP contribution in [-0.4, -0.2) is 18.3 Å². The van der Waals surface area contributed by atoms with Gasteiger partial charge in [0, 0.05) is 11.6 Å². The molecule has 2 nitrogen and oxygen atoms in total. The zero-order valence-corrected chi connectivity index (χ0v) is 9.76. The van der Waals surface area contributed by atoms with E-state index >= 15 is 0 Å². The van der Waals surface area contributed by atoms with E-state index < -0.39 is 0 Å². The first-order chi connectivity index (χ1) is 7.27. The van der Waals surface area contributed by atoms with Crippen LogP contribution < -0.4 is 4.74 Å². The molecule has 15 heavy (non-hydrogen) atoms. The summed E-state index contributed by atoms with van der Waals surface area (Å²) in [6.07, 6.45) is 2.57. The quantitative estimate of drug-likeness (QED) is 0.759. The Kier molecular flexibility index (Phi) is 5.51. The van der Waals surface area contributed by atoms with E-state index in [1.807, 2.05) is 18.2 Å². The molecule has 1 aromatic carbocycles. The van der Waals surface area contributed by atoms with E-state index in [0.717, 1.165) is 35.6 Å². The molecule has 0 unspecified atom stereocenters. The highest BCUT2D eigenvalue weighted by Crippen LogP contribution is 2.22. The van der Waals surface area contributed by atoms with Gasteiger partial charge in [0.05, 0.1) is 6.61 Å². The number of unbranched alkanes of at least 4 members (excludes halogenated alkanes) is 1. The molecule has 0 saturated heterocycles. The average Bonchev–Trinajstić information content (AvgIpc) is 2.26. The maximum atomic E-state index is 8.61. The van der Waals surface area contributed by atoms with E-state index in [9.17, 15) is 0 Å². The molecule has 0 amide bonds. The van der Waals surface area contributed by atoms with E-state index in [4.69, 9.17) is 21.4 Å². The SMILES string of the molecule is CCc1cc(OCCCCO)ccc1Cl. The van der Waals surface area contributed by atoms with Gasteiger partial charge in [-0.3, -0.25) is 0 Å². The van der Waals surface area contributed by atoms with Crippen LogP contribution in [0.25, 0.3) is 0 Å². The fourth-order valence-electron chi connectivity index (χ4n) is 1.32. The smallest absolute Gasteiger partial charge is 0.119 e. The molecule has 0 aliphatic carbocycles. The predicted molar refractivity (Wildman–Crippen MR) is 62.6 cm³/mol. The molecule has 0 bridgehead atoms. The first kappa shape index (κ1) is 12.3. The van der Waals surface area contributed by atoms with Crippen molar-refractivity contribution in [3.63, 3.8) is 0 Å². The summed E-state index contributed by atoms with van der Waals surface area (Å²) in [6.45, 7) is 2.94. The fraction of sp³-hybridized carbons (Fsp3) is 0.500. The van der Waals surface area contributed by atoms with Gasteiger partial charge in [0.15, 0.2) is 0 Å². The van der Waals surface area contributed by atoms with Gasteiger partial charge in [-0.05, 0) is 43.0 Å². The minimum atomic E-state index is 0.226. The topological polar surface area (TPSA) is 29.5 Å². The third-order valence-corrected chi connectivity index (χ3v) is 2.59. The lowest BCUT2D eigenvalue weighted by Gasteiger charge is -2.08. The number of aryl methyl sites for hydroxylation is 1. The number of rotatable bonds is 6. The van der Waals surface area contributed by atoms with Gasteiger partial charge in [0.25, 0.3) is 0 Å². The van der Waals surface area contributed by atoms with Crippen LogP contribution in [0.4, 0.5) is 0 Å². The number of hydrogen-bond acceptors (Lipinski definition) is 2. The molecule has 0 radical (unpaired) electrons. The molecule has 0 spiro atoms. The summed E-state index contributed by atoms with van der Waals surface area (Å²) in [4.78, 5) is 0. The van der Waals surface area contributed by atoms with Crippen molar-refractivity contribution in [2.75, 3.05) is 13.2 Å². The second-order valence-electron chi connectivity index (χ2n) is 3.39. The van der Waals surface area contributed by atoms with E-state index in [-0.39, 0.29) is 6.61 Å². The molecular formula is C12H17ClO2. The lowest BCUT2D eigenvalue weighted by atomic mass is 10.1. The van der Waals surface area contributed by atoms with Crippen LogP contribution in [0.5, 0.6) is 5.75 Å². The molecule has 1 rings (SSSR count). The first-order valence-electron chi connectivity index (χ1n) is 5.30. The van der Waals surface area contributed by atoms with E-state index in [1.165, 1.54) is 0 Å². The Morgan fingerprint density at radius 1 is 1.33 bits per heavy atom. The Hall–Kier alpha value is -0.730. The van der Waals surface area contributed by atoms with Crippen molar-refractivity contribution in [2.24, 2.45) is 0 Å². The van der Waals surface area contributed by atoms with Crippen LogP contribution in [0.1, 0.15) is 25.3 Å². The molecule has 0 saturated carbocycles. The molecule has 84 valence electrons. The number of halogens is 1. The summed E-state index contributed by atoms with van der Waals surface area (Å²) in [5, 5.41) is 9.40. The van der Waals surface area contributed by atoms with Crippen LogP contribution in [-0.2, 0) is 6.42 Å². The molecule has 1 aromatic rings. The van der Waals surface area contributed by atoms with Gasteiger partial charge < -0.3 is 9.84 Å². The van der Waals surface area contributed by atoms with Gasteiger partial charge in [0.2, 0.25) is 0 Å². The van der Waals surface area contributed by atoms with E-state index in [2.05, 4.69) is 6.92 Å². The van der Waals surface area contributed by atoms with Gasteiger partial charge >= 0.3 is 0 Å². The van der Waals surface area contributed by atoms with Crippen molar-refractivity contribution in [2.45, 2.75) is 26.2 Å². The van der Waals surface area contributed by atoms with E-state index in [1.54, 1.807) is 0 Å². The van der Waals surface area contributed by atoms with Gasteiger partial charge in [0.1, 0.15) is 5.75 Å². The fourth-order valence-corrected chi connectivity index (χ4v) is 1.57. The van der Waals surface area contributed by atoms with Gasteiger partial charge in [-0.25, -0.2) is 0 Å². The summed E-state index contributed by atoms with van der Waals surface area (Å²) in [5.41, 5.74) is 1.11. The minimum absolute atomic E-state index is 0.226. The van der Waals surface area contributed by atoms with Crippen LogP contribution in [0.15, 0.2) is 18.2 Å². The summed E-state index contributed by atoms with van der Waals surface area (Å²) in [5.74, 6) is 0.856. The van der Waals surface area contributed by atoms with Crippen LogP contribution in [0.3, 0.4) is 0 Å². The van der Waals surface area contributed by atoms with Crippen LogP contribution in [0.2, 0.25) is 5.02 Å². The van der Waals surface area contributed by atoms with Crippen molar-refractivity contribution in [1.82, 2.24) is 0 Å². The Morgan fingerprint density at radius 3 is 2.80 bits per heavy atom. The van der Waals surface area contributed by atoms with Crippen LogP contribution >= 0.6 is 11.6 Å². The molecule has 3 heteroatoms. The largest absolute Gasteiger partial charge is 0.494 e. The summed E-state index contributed by atoms with van der Waals surface area (Å²) >= 11 is 5.99. The van der Waals surface area contributed by atoms with Gasteiger partial charge in [-0.15, -0.1) is 0 Å². The summed E-state index contributed by atoms with van der Waals surface area (Å²) in [6, 6.07) is 5.71. The molecule has 1 N–H and O–H groups in total. The molecule has 0 aliphatic rings. The third-order valence-electron chi connectivity index (χ3n) is 2.22. The Balaban J connectivity index is 2.47. The number of aliphatic hydroxyl groups is 1. The minimum Gasteiger partial charge on any atom is -0.494 e. The highest BCUT2D eigenvalue weighted by molar-refractivity contribution is 6.31. The predicted octanol–water partition coefficient (Wildman–Crippen LogP) is 3.05. The Labute approximate surface area is 95.8 Å². The summed E-state index contributed by atoms with van der Waals surface area (Å²) < 4.78 is 5.54. The zero-order chi connectivity index (χ0) is 11.1. The molecule has 0 aromatic heterocycles. The number of aliphatic hydroxyl groups excluding tert-OH is 1. The maximum Gasteiger partial charge on any atom is 0.119 e. The zero-order valence-electron chi connectivity index (χ0n) is 9.00. The maximum absolute atomic E-state index is 8.61. The average molecular weight is 229 g/mol. The standard InChI is InChI=1S/C12H17ClO2/c1-2-10-9-11(5-6-12(10)13)15-8-4-3-7-14/h5-6,9,14H,2-4,7-8H2,1H3. The van der Waals surface area contributed by atoms with Crippen LogP contribution in [0, 0.1) is 0 Å². The molecule has 0 fully saturated rings. The van der Waals surface area contributed by atoms with Crippen molar-refractivity contribution < 1.29 is 9.84 Å². The third kappa shape index (κ3) is 4.10. The Morgan fingerprint density at radius 2 is 2.13 bits per heavy atom. The number of hydrogen-bond donors (Lipinski definition) is 1. The highest BCUT2D eigenvalue weighted by atomic mass is 35.5.